The van der Waals surface area contributed by atoms with Crippen molar-refractivity contribution in [1.29, 1.82) is 0 Å². The van der Waals surface area contributed by atoms with E-state index in [9.17, 15) is 11.0 Å². The van der Waals surface area contributed by atoms with Gasteiger partial charge in [-0.05, 0) is 133 Å². The molecule has 11 rings (SSSR count). The van der Waals surface area contributed by atoms with Crippen molar-refractivity contribution in [2.75, 3.05) is 4.90 Å². The van der Waals surface area contributed by atoms with E-state index < -0.39 is 135 Å². The smallest absolute Gasteiger partial charge is 0.136 e. The maximum absolute atomic E-state index is 9.59. The van der Waals surface area contributed by atoms with Crippen LogP contribution in [0.3, 0.4) is 0 Å². The molecule has 11 aromatic rings. The predicted molar refractivity (Wildman–Crippen MR) is 245 cm³/mol. The Kier molecular flexibility index (Phi) is 4.98. The summed E-state index contributed by atoms with van der Waals surface area (Å²) in [5, 5.41) is -1.41. The van der Waals surface area contributed by atoms with Gasteiger partial charge >= 0.3 is 0 Å². The molecule has 0 fully saturated rings. The van der Waals surface area contributed by atoms with Gasteiger partial charge in [0.15, 0.2) is 0 Å². The summed E-state index contributed by atoms with van der Waals surface area (Å²) in [7, 11) is 0. The van der Waals surface area contributed by atoms with E-state index in [4.69, 9.17) is 16.8 Å². The first-order chi connectivity index (χ1) is 35.8. The van der Waals surface area contributed by atoms with Crippen molar-refractivity contribution < 1.29 is 27.7 Å². The van der Waals surface area contributed by atoms with Gasteiger partial charge in [0.1, 0.15) is 11.2 Å². The zero-order chi connectivity index (χ0) is 53.2. The number of hydrogen-bond donors (Lipinski definition) is 0. The molecule has 2 nitrogen and oxygen atoms in total. The summed E-state index contributed by atoms with van der Waals surface area (Å²) in [6, 6.07) is 27.5. The molecule has 0 unspecified atom stereocenters. The second kappa shape index (κ2) is 14.1. The van der Waals surface area contributed by atoms with Gasteiger partial charge in [0, 0.05) is 27.8 Å². The lowest BCUT2D eigenvalue weighted by Gasteiger charge is -2.26. The zero-order valence-corrected chi connectivity index (χ0v) is 30.4. The topological polar surface area (TPSA) is 16.4 Å². The van der Waals surface area contributed by atoms with Crippen LogP contribution in [-0.2, 0) is 0 Å². The molecule has 0 aliphatic rings. The Labute approximate surface area is 361 Å². The molecule has 10 aromatic carbocycles. The van der Waals surface area contributed by atoms with E-state index in [0.717, 1.165) is 22.3 Å². The lowest BCUT2D eigenvalue weighted by Crippen LogP contribution is -2.09. The maximum Gasteiger partial charge on any atom is 0.136 e. The fraction of sp³-hybridized carbons (Fsp3) is 0. The molecule has 0 N–H and O–H groups in total. The molecular weight excluding hydrogens is 703 g/mol. The summed E-state index contributed by atoms with van der Waals surface area (Å²) in [5.74, 6) is 0. The van der Waals surface area contributed by atoms with Crippen LogP contribution in [0.5, 0.6) is 0 Å². The summed E-state index contributed by atoms with van der Waals surface area (Å²) in [6.07, 6.45) is 0. The van der Waals surface area contributed by atoms with E-state index in [1.54, 1.807) is 6.07 Å². The molecule has 58 heavy (non-hydrogen) atoms. The van der Waals surface area contributed by atoms with Gasteiger partial charge < -0.3 is 9.32 Å². The Balaban J connectivity index is 1.12. The molecule has 0 spiro atoms. The van der Waals surface area contributed by atoms with E-state index in [0.29, 0.717) is 17.1 Å². The predicted octanol–water partition coefficient (Wildman–Crippen LogP) is 16.0. The van der Waals surface area contributed by atoms with Crippen LogP contribution in [0.4, 0.5) is 17.1 Å². The molecule has 0 radical (unpaired) electrons. The highest BCUT2D eigenvalue weighted by atomic mass is 16.3. The summed E-state index contributed by atoms with van der Waals surface area (Å²) in [5.41, 5.74) is 2.90. The highest BCUT2D eigenvalue weighted by Crippen LogP contribution is 2.41. The molecule has 0 saturated heterocycles. The average Bonchev–Trinajstić information content (AvgIpc) is 3.84. The minimum Gasteiger partial charge on any atom is -0.456 e. The van der Waals surface area contributed by atoms with Gasteiger partial charge in [0.2, 0.25) is 0 Å². The third-order valence-electron chi connectivity index (χ3n) is 10.0. The number of furan rings is 1. The molecule has 0 bridgehead atoms. The standard InChI is InChI=1S/C56H37NO/c1-4-10-38(11-5-1)41-20-27-49(28-21-41)57(50-29-22-42(23-30-50)39-12-6-2-7-13-39)51-31-24-45-34-44(18-19-46(45)35-51)48-25-32-52-55(37-48)58-54-33-26-43-16-17-47(36-53(43)56(52)54)40-14-8-3-9-15-40/h1-37H/i3D,8D,9D,14D,15D,16D,17D,18D,19D,24D,25D,26D,32D,33D,34D,36D,37D. The van der Waals surface area contributed by atoms with Crippen molar-refractivity contribution in [3.63, 3.8) is 0 Å². The van der Waals surface area contributed by atoms with Crippen molar-refractivity contribution in [3.8, 4) is 44.5 Å². The Morgan fingerprint density at radius 1 is 0.345 bits per heavy atom. The Morgan fingerprint density at radius 2 is 0.914 bits per heavy atom. The van der Waals surface area contributed by atoms with Gasteiger partial charge in [-0.15, -0.1) is 0 Å². The van der Waals surface area contributed by atoms with Gasteiger partial charge in [-0.25, -0.2) is 0 Å². The summed E-state index contributed by atoms with van der Waals surface area (Å²) < 4.78 is 160. The van der Waals surface area contributed by atoms with Crippen molar-refractivity contribution in [2.24, 2.45) is 0 Å². The number of nitrogens with zero attached hydrogens (tertiary/aromatic N) is 1. The summed E-state index contributed by atoms with van der Waals surface area (Å²) >= 11 is 0. The second-order valence-corrected chi connectivity index (χ2v) is 13.6. The van der Waals surface area contributed by atoms with E-state index in [1.165, 1.54) is 6.07 Å². The van der Waals surface area contributed by atoms with Gasteiger partial charge in [-0.2, -0.15) is 0 Å². The van der Waals surface area contributed by atoms with Crippen LogP contribution >= 0.6 is 0 Å². The first-order valence-electron chi connectivity index (χ1n) is 26.9. The van der Waals surface area contributed by atoms with Crippen molar-refractivity contribution >= 4 is 60.5 Å². The van der Waals surface area contributed by atoms with Crippen molar-refractivity contribution in [3.05, 3.63) is 224 Å². The zero-order valence-electron chi connectivity index (χ0n) is 47.4. The molecule has 1 heterocycles. The lowest BCUT2D eigenvalue weighted by atomic mass is 9.97. The van der Waals surface area contributed by atoms with Gasteiger partial charge in [-0.3, -0.25) is 0 Å². The van der Waals surface area contributed by atoms with Gasteiger partial charge in [-0.1, -0.05) is 157 Å². The molecule has 1 aromatic heterocycles. The third-order valence-corrected chi connectivity index (χ3v) is 10.0. The Morgan fingerprint density at radius 3 is 1.59 bits per heavy atom. The molecule has 0 amide bonds. The summed E-state index contributed by atoms with van der Waals surface area (Å²) in [4.78, 5) is 1.91. The first kappa shape index (κ1) is 20.5. The minimum atomic E-state index is -0.765. The van der Waals surface area contributed by atoms with Crippen LogP contribution in [-0.4, -0.2) is 0 Å². The number of hydrogen-bond acceptors (Lipinski definition) is 2. The molecule has 0 atom stereocenters. The molecule has 2 heteroatoms. The molecule has 272 valence electrons. The normalized spacial score (nSPS) is 15.6. The SMILES string of the molecule is [2H]c1c([2H])c([2H])c(-c2c([2H])c([2H])c3c([2H])c([2H])c4oc5c([2H])c(-c6c([2H])c([2H])c7cc(N(c8ccc(-c9ccccc9)cc8)c8ccc(-c9ccccc9)cc8)cc([2H])c7c6[2H])c([2H])c([2H])c5c4c3c2[2H])c([2H])c1[2H]. The van der Waals surface area contributed by atoms with Crippen LogP contribution in [0.25, 0.3) is 88.0 Å². The summed E-state index contributed by atoms with van der Waals surface area (Å²) in [6.45, 7) is 0. The third kappa shape index (κ3) is 6.09. The van der Waals surface area contributed by atoms with Crippen molar-refractivity contribution in [2.45, 2.75) is 0 Å². The number of benzene rings is 10. The Hall–Kier alpha value is -7.68. The van der Waals surface area contributed by atoms with Crippen molar-refractivity contribution in [1.82, 2.24) is 0 Å². The van der Waals surface area contributed by atoms with Crippen LogP contribution < -0.4 is 4.90 Å². The molecule has 0 saturated carbocycles. The number of anilines is 3. The lowest BCUT2D eigenvalue weighted by molar-refractivity contribution is 0.669. The highest BCUT2D eigenvalue weighted by molar-refractivity contribution is 6.19. The van der Waals surface area contributed by atoms with E-state index in [-0.39, 0.29) is 33.0 Å². The monoisotopic (exact) mass is 756 g/mol. The van der Waals surface area contributed by atoms with Crippen LogP contribution in [0.1, 0.15) is 23.3 Å². The highest BCUT2D eigenvalue weighted by Gasteiger charge is 2.16. The van der Waals surface area contributed by atoms with Crippen LogP contribution in [0, 0.1) is 0 Å². The number of fused-ring (bicyclic) bond motifs is 6. The molecular formula is C56H37NO. The minimum absolute atomic E-state index is 0.0585. The molecule has 0 aliphatic heterocycles. The van der Waals surface area contributed by atoms with E-state index in [1.807, 2.05) is 114 Å². The van der Waals surface area contributed by atoms with Gasteiger partial charge in [0.05, 0.1) is 23.3 Å². The van der Waals surface area contributed by atoms with Crippen LogP contribution in [0.15, 0.2) is 228 Å². The largest absolute Gasteiger partial charge is 0.456 e. The molecule has 0 aliphatic carbocycles. The average molecular weight is 757 g/mol. The van der Waals surface area contributed by atoms with Gasteiger partial charge in [0.25, 0.3) is 0 Å². The van der Waals surface area contributed by atoms with Crippen LogP contribution in [0.2, 0.25) is 0 Å². The fourth-order valence-electron chi connectivity index (χ4n) is 7.21. The quantitative estimate of drug-likeness (QED) is 0.161. The second-order valence-electron chi connectivity index (χ2n) is 13.6. The number of rotatable bonds is 7. The van der Waals surface area contributed by atoms with E-state index >= 15 is 0 Å². The fourth-order valence-corrected chi connectivity index (χ4v) is 7.21. The Bertz CT molecular complexity index is 4130. The first-order valence-corrected chi connectivity index (χ1v) is 18.4. The van der Waals surface area contributed by atoms with E-state index in [2.05, 4.69) is 0 Å². The maximum atomic E-state index is 9.59.